The molecule has 6 heteroatoms. The van der Waals surface area contributed by atoms with Crippen molar-refractivity contribution >= 4 is 17.2 Å². The van der Waals surface area contributed by atoms with Crippen molar-refractivity contribution in [2.24, 2.45) is 0 Å². The Morgan fingerprint density at radius 2 is 1.96 bits per heavy atom. The minimum absolute atomic E-state index is 0.0150. The highest BCUT2D eigenvalue weighted by Gasteiger charge is 2.31. The van der Waals surface area contributed by atoms with Crippen LogP contribution >= 0.6 is 0 Å². The Bertz CT molecular complexity index is 1020. The lowest BCUT2D eigenvalue weighted by atomic mass is 9.97. The highest BCUT2D eigenvalue weighted by atomic mass is 16.2. The van der Waals surface area contributed by atoms with Gasteiger partial charge in [0, 0.05) is 29.7 Å². The van der Waals surface area contributed by atoms with Crippen LogP contribution in [0.25, 0.3) is 5.65 Å². The lowest BCUT2D eigenvalue weighted by molar-refractivity contribution is 0.0606. The fraction of sp³-hybridized carbons (Fsp3) is 0.381. The quantitative estimate of drug-likeness (QED) is 0.706. The number of fused-ring (bicyclic) bond motifs is 1. The molecule has 1 saturated heterocycles. The van der Waals surface area contributed by atoms with Gasteiger partial charge in [-0.05, 0) is 58.2 Å². The van der Waals surface area contributed by atoms with Crippen molar-refractivity contribution in [2.75, 3.05) is 12.3 Å². The number of piperidine rings is 1. The van der Waals surface area contributed by atoms with E-state index in [2.05, 4.69) is 4.98 Å². The fourth-order valence-electron chi connectivity index (χ4n) is 3.96. The number of amides is 1. The fourth-order valence-corrected chi connectivity index (χ4v) is 3.96. The van der Waals surface area contributed by atoms with Crippen molar-refractivity contribution in [1.29, 1.82) is 0 Å². The summed E-state index contributed by atoms with van der Waals surface area (Å²) in [6.07, 6.45) is 2.98. The van der Waals surface area contributed by atoms with Gasteiger partial charge in [-0.1, -0.05) is 11.6 Å². The Labute approximate surface area is 159 Å². The van der Waals surface area contributed by atoms with Gasteiger partial charge in [0.25, 0.3) is 5.91 Å². The maximum atomic E-state index is 13.3. The molecule has 4 rings (SSSR count). The number of hydrogen-bond acceptors (Lipinski definition) is 4. The minimum Gasteiger partial charge on any atom is -0.398 e. The third-order valence-electron chi connectivity index (χ3n) is 5.30. The molecule has 0 unspecified atom stereocenters. The number of benzene rings is 1. The highest BCUT2D eigenvalue weighted by molar-refractivity contribution is 5.99. The molecule has 1 atom stereocenters. The molecule has 3 heterocycles. The summed E-state index contributed by atoms with van der Waals surface area (Å²) in [5, 5.41) is 4.77. The molecule has 1 amide bonds. The lowest BCUT2D eigenvalue weighted by Gasteiger charge is -2.35. The van der Waals surface area contributed by atoms with Crippen molar-refractivity contribution in [2.45, 2.75) is 46.1 Å². The SMILES string of the molecule is Cc1ccc(N)c(C(=O)N2CCCC[C@H]2c2cc3nc(C)cc(C)n3n2)c1. The van der Waals surface area contributed by atoms with Crippen molar-refractivity contribution in [3.8, 4) is 0 Å². The third kappa shape index (κ3) is 3.16. The molecule has 1 aliphatic rings. The Hall–Kier alpha value is -2.89. The first-order chi connectivity index (χ1) is 12.9. The number of anilines is 1. The summed E-state index contributed by atoms with van der Waals surface area (Å²) < 4.78 is 1.86. The molecule has 2 aromatic heterocycles. The number of likely N-dealkylation sites (tertiary alicyclic amines) is 1. The first-order valence-corrected chi connectivity index (χ1v) is 9.45. The largest absolute Gasteiger partial charge is 0.398 e. The van der Waals surface area contributed by atoms with Gasteiger partial charge in [0.05, 0.1) is 17.3 Å². The van der Waals surface area contributed by atoms with Gasteiger partial charge in [-0.15, -0.1) is 0 Å². The summed E-state index contributed by atoms with van der Waals surface area (Å²) in [5.41, 5.74) is 12.0. The van der Waals surface area contributed by atoms with Crippen LogP contribution < -0.4 is 5.73 Å². The smallest absolute Gasteiger partial charge is 0.256 e. The molecular formula is C21H25N5O. The van der Waals surface area contributed by atoms with Crippen LogP contribution in [0.2, 0.25) is 0 Å². The number of nitrogen functional groups attached to an aromatic ring is 1. The van der Waals surface area contributed by atoms with E-state index in [9.17, 15) is 4.79 Å². The van der Waals surface area contributed by atoms with Crippen LogP contribution in [0, 0.1) is 20.8 Å². The zero-order chi connectivity index (χ0) is 19.1. The van der Waals surface area contributed by atoms with Crippen LogP contribution in [0.15, 0.2) is 30.3 Å². The van der Waals surface area contributed by atoms with Crippen molar-refractivity contribution < 1.29 is 4.79 Å². The van der Waals surface area contributed by atoms with Crippen LogP contribution in [0.5, 0.6) is 0 Å². The lowest BCUT2D eigenvalue weighted by Crippen LogP contribution is -2.39. The second-order valence-electron chi connectivity index (χ2n) is 7.48. The highest BCUT2D eigenvalue weighted by Crippen LogP contribution is 2.33. The van der Waals surface area contributed by atoms with Crippen molar-refractivity contribution in [1.82, 2.24) is 19.5 Å². The van der Waals surface area contributed by atoms with E-state index in [4.69, 9.17) is 10.8 Å². The summed E-state index contributed by atoms with van der Waals surface area (Å²) in [7, 11) is 0. The zero-order valence-electron chi connectivity index (χ0n) is 16.1. The van der Waals surface area contributed by atoms with E-state index >= 15 is 0 Å². The van der Waals surface area contributed by atoms with Gasteiger partial charge in [0.15, 0.2) is 5.65 Å². The van der Waals surface area contributed by atoms with Gasteiger partial charge in [0.1, 0.15) is 0 Å². The summed E-state index contributed by atoms with van der Waals surface area (Å²) >= 11 is 0. The molecule has 27 heavy (non-hydrogen) atoms. The van der Waals surface area contributed by atoms with Crippen LogP contribution in [0.1, 0.15) is 58.3 Å². The molecule has 0 spiro atoms. The van der Waals surface area contributed by atoms with Crippen molar-refractivity contribution in [3.63, 3.8) is 0 Å². The maximum absolute atomic E-state index is 13.3. The maximum Gasteiger partial charge on any atom is 0.256 e. The molecular weight excluding hydrogens is 338 g/mol. The number of hydrogen-bond donors (Lipinski definition) is 1. The molecule has 0 aliphatic carbocycles. The van der Waals surface area contributed by atoms with E-state index < -0.39 is 0 Å². The van der Waals surface area contributed by atoms with Gasteiger partial charge in [-0.3, -0.25) is 4.79 Å². The Morgan fingerprint density at radius 3 is 2.78 bits per heavy atom. The average molecular weight is 363 g/mol. The molecule has 6 nitrogen and oxygen atoms in total. The molecule has 140 valence electrons. The van der Waals surface area contributed by atoms with E-state index in [-0.39, 0.29) is 11.9 Å². The van der Waals surface area contributed by atoms with Gasteiger partial charge in [0.2, 0.25) is 0 Å². The first kappa shape index (κ1) is 17.5. The molecule has 3 aromatic rings. The molecule has 0 saturated carbocycles. The van der Waals surface area contributed by atoms with Crippen LogP contribution in [0.4, 0.5) is 5.69 Å². The van der Waals surface area contributed by atoms with Crippen LogP contribution in [-0.4, -0.2) is 31.9 Å². The summed E-state index contributed by atoms with van der Waals surface area (Å²) in [6.45, 7) is 6.70. The number of nitrogens with two attached hydrogens (primary N) is 1. The van der Waals surface area contributed by atoms with Gasteiger partial charge >= 0.3 is 0 Å². The number of aryl methyl sites for hydroxylation is 3. The van der Waals surface area contributed by atoms with E-state index in [1.54, 1.807) is 0 Å². The normalized spacial score (nSPS) is 17.4. The molecule has 0 bridgehead atoms. The van der Waals surface area contributed by atoms with E-state index in [1.807, 2.05) is 60.5 Å². The van der Waals surface area contributed by atoms with Crippen LogP contribution in [0.3, 0.4) is 0 Å². The van der Waals surface area contributed by atoms with E-state index in [0.29, 0.717) is 11.3 Å². The topological polar surface area (TPSA) is 76.5 Å². The van der Waals surface area contributed by atoms with Gasteiger partial charge in [-0.2, -0.15) is 5.10 Å². The summed E-state index contributed by atoms with van der Waals surface area (Å²) in [5.74, 6) is -0.0150. The third-order valence-corrected chi connectivity index (χ3v) is 5.30. The average Bonchev–Trinajstić information content (AvgIpc) is 3.07. The first-order valence-electron chi connectivity index (χ1n) is 9.45. The number of aromatic nitrogens is 3. The monoisotopic (exact) mass is 363 g/mol. The Morgan fingerprint density at radius 1 is 1.15 bits per heavy atom. The molecule has 0 radical (unpaired) electrons. The van der Waals surface area contributed by atoms with Gasteiger partial charge < -0.3 is 10.6 Å². The number of carbonyl (C=O) groups excluding carboxylic acids is 1. The van der Waals surface area contributed by atoms with Crippen molar-refractivity contribution in [3.05, 3.63) is 58.5 Å². The predicted octanol–water partition coefficient (Wildman–Crippen LogP) is 3.60. The standard InChI is InChI=1S/C21H25N5O/c1-13-7-8-17(22)16(10-13)21(27)25-9-5-4-6-19(25)18-12-20-23-14(2)11-15(3)26(20)24-18/h7-8,10-12,19H,4-6,9,22H2,1-3H3/t19-/m0/s1. The van der Waals surface area contributed by atoms with E-state index in [0.717, 1.165) is 54.1 Å². The molecule has 1 aliphatic heterocycles. The summed E-state index contributed by atoms with van der Waals surface area (Å²) in [4.78, 5) is 19.8. The molecule has 2 N–H and O–H groups in total. The number of nitrogens with zero attached hydrogens (tertiary/aromatic N) is 4. The second-order valence-corrected chi connectivity index (χ2v) is 7.48. The number of rotatable bonds is 2. The number of carbonyl (C=O) groups is 1. The molecule has 1 fully saturated rings. The second kappa shape index (κ2) is 6.68. The Balaban J connectivity index is 1.74. The van der Waals surface area contributed by atoms with E-state index in [1.165, 1.54) is 0 Å². The minimum atomic E-state index is -0.0485. The van der Waals surface area contributed by atoms with Gasteiger partial charge in [-0.25, -0.2) is 9.50 Å². The zero-order valence-corrected chi connectivity index (χ0v) is 16.1. The summed E-state index contributed by atoms with van der Waals surface area (Å²) in [6, 6.07) is 9.59. The molecule has 1 aromatic carbocycles. The Kier molecular flexibility index (Phi) is 4.34. The van der Waals surface area contributed by atoms with Crippen LogP contribution in [-0.2, 0) is 0 Å². The predicted molar refractivity (Wildman–Crippen MR) is 106 cm³/mol.